The molecule has 3 aromatic carbocycles. The van der Waals surface area contributed by atoms with Gasteiger partial charge in [0.05, 0.1) is 10.2 Å². The molecule has 32 heavy (non-hydrogen) atoms. The maximum absolute atomic E-state index is 13.5. The van der Waals surface area contributed by atoms with Gasteiger partial charge in [-0.15, -0.1) is 0 Å². The number of carbonyl (C=O) groups is 1. The van der Waals surface area contributed by atoms with Crippen molar-refractivity contribution in [1.82, 2.24) is 15.1 Å². The van der Waals surface area contributed by atoms with Crippen LogP contribution in [0.1, 0.15) is 21.7 Å². The van der Waals surface area contributed by atoms with Crippen LogP contribution < -0.4 is 4.90 Å². The number of thiazole rings is 1. The first-order chi connectivity index (χ1) is 15.7. The van der Waals surface area contributed by atoms with Gasteiger partial charge in [0.2, 0.25) is 0 Å². The maximum Gasteiger partial charge on any atom is 0.260 e. The summed E-state index contributed by atoms with van der Waals surface area (Å²) in [7, 11) is 0. The Kier molecular flexibility index (Phi) is 5.47. The van der Waals surface area contributed by atoms with Crippen LogP contribution in [0.3, 0.4) is 0 Å². The van der Waals surface area contributed by atoms with Gasteiger partial charge in [-0.2, -0.15) is 4.98 Å². The third-order valence-electron chi connectivity index (χ3n) is 5.13. The minimum absolute atomic E-state index is 0.0896. The lowest BCUT2D eigenvalue weighted by Crippen LogP contribution is -2.32. The van der Waals surface area contributed by atoms with Crippen LogP contribution in [-0.2, 0) is 6.42 Å². The van der Waals surface area contributed by atoms with Gasteiger partial charge in [0, 0.05) is 17.7 Å². The normalized spacial score (nSPS) is 11.0. The summed E-state index contributed by atoms with van der Waals surface area (Å²) in [5.41, 5.74) is 3.43. The van der Waals surface area contributed by atoms with Crippen molar-refractivity contribution in [2.45, 2.75) is 13.3 Å². The summed E-state index contributed by atoms with van der Waals surface area (Å²) in [4.78, 5) is 24.3. The fraction of sp³-hybridized carbons (Fsp3) is 0.120. The fourth-order valence-electron chi connectivity index (χ4n) is 3.47. The molecular formula is C25H20N4O2S. The number of amides is 1. The van der Waals surface area contributed by atoms with Gasteiger partial charge in [0.1, 0.15) is 0 Å². The van der Waals surface area contributed by atoms with E-state index in [0.29, 0.717) is 29.0 Å². The van der Waals surface area contributed by atoms with E-state index in [1.165, 1.54) is 16.9 Å². The van der Waals surface area contributed by atoms with Crippen LogP contribution in [0.2, 0.25) is 0 Å². The number of nitrogens with zero attached hydrogens (tertiary/aromatic N) is 4. The molecule has 0 bridgehead atoms. The van der Waals surface area contributed by atoms with Gasteiger partial charge in [0.15, 0.2) is 11.0 Å². The van der Waals surface area contributed by atoms with E-state index in [1.807, 2.05) is 54.6 Å². The molecule has 5 aromatic rings. The van der Waals surface area contributed by atoms with E-state index in [1.54, 1.807) is 24.0 Å². The molecule has 0 atom stereocenters. The Balaban J connectivity index is 1.45. The molecule has 6 nitrogen and oxygen atoms in total. The van der Waals surface area contributed by atoms with E-state index in [0.717, 1.165) is 22.2 Å². The van der Waals surface area contributed by atoms with Crippen molar-refractivity contribution >= 4 is 32.6 Å². The molecular weight excluding hydrogens is 420 g/mol. The monoisotopic (exact) mass is 440 g/mol. The smallest absolute Gasteiger partial charge is 0.260 e. The highest BCUT2D eigenvalue weighted by Gasteiger charge is 2.21. The SMILES string of the molecule is Cc1noc(-c2ccc(C(=O)N(CCc3ccccc3)c3nc4ccccc4s3)cc2)n1. The second-order valence-electron chi connectivity index (χ2n) is 7.38. The Morgan fingerprint density at radius 1 is 0.938 bits per heavy atom. The van der Waals surface area contributed by atoms with E-state index < -0.39 is 0 Å². The summed E-state index contributed by atoms with van der Waals surface area (Å²) in [6.07, 6.45) is 0.738. The summed E-state index contributed by atoms with van der Waals surface area (Å²) in [5.74, 6) is 0.921. The summed E-state index contributed by atoms with van der Waals surface area (Å²) in [6, 6.07) is 25.3. The zero-order chi connectivity index (χ0) is 21.9. The summed E-state index contributed by atoms with van der Waals surface area (Å²) >= 11 is 1.53. The molecule has 158 valence electrons. The minimum atomic E-state index is -0.0896. The molecule has 1 amide bonds. The van der Waals surface area contributed by atoms with Gasteiger partial charge >= 0.3 is 0 Å². The van der Waals surface area contributed by atoms with Gasteiger partial charge in [0.25, 0.3) is 11.8 Å². The zero-order valence-corrected chi connectivity index (χ0v) is 18.2. The van der Waals surface area contributed by atoms with Crippen molar-refractivity contribution in [3.8, 4) is 11.5 Å². The number of rotatable bonds is 6. The molecule has 5 rings (SSSR count). The first kappa shape index (κ1) is 20.1. The van der Waals surface area contributed by atoms with Gasteiger partial charge in [-0.1, -0.05) is 59.0 Å². The van der Waals surface area contributed by atoms with Crippen LogP contribution in [0.25, 0.3) is 21.7 Å². The Hall–Kier alpha value is -3.84. The number of aryl methyl sites for hydroxylation is 1. The van der Waals surface area contributed by atoms with Crippen molar-refractivity contribution < 1.29 is 9.32 Å². The van der Waals surface area contributed by atoms with E-state index in [2.05, 4.69) is 22.3 Å². The van der Waals surface area contributed by atoms with Crippen LogP contribution in [-0.4, -0.2) is 27.6 Å². The average molecular weight is 441 g/mol. The van der Waals surface area contributed by atoms with E-state index >= 15 is 0 Å². The second kappa shape index (κ2) is 8.72. The number of anilines is 1. The number of carbonyl (C=O) groups excluding carboxylic acids is 1. The highest BCUT2D eigenvalue weighted by atomic mass is 32.1. The third-order valence-corrected chi connectivity index (χ3v) is 6.19. The van der Waals surface area contributed by atoms with Crippen molar-refractivity contribution in [3.05, 3.63) is 95.8 Å². The number of hydrogen-bond donors (Lipinski definition) is 0. The zero-order valence-electron chi connectivity index (χ0n) is 17.4. The number of benzene rings is 3. The van der Waals surface area contributed by atoms with Crippen LogP contribution in [0.4, 0.5) is 5.13 Å². The lowest BCUT2D eigenvalue weighted by atomic mass is 10.1. The molecule has 2 aromatic heterocycles. The maximum atomic E-state index is 13.5. The standard InChI is InChI=1S/C25H20N4O2S/c1-17-26-23(31-28-17)19-11-13-20(14-12-19)24(30)29(16-15-18-7-3-2-4-8-18)25-27-21-9-5-6-10-22(21)32-25/h2-14H,15-16H2,1H3. The Bertz CT molecular complexity index is 1330. The van der Waals surface area contributed by atoms with Crippen molar-refractivity contribution in [3.63, 3.8) is 0 Å². The van der Waals surface area contributed by atoms with Crippen LogP contribution in [0.5, 0.6) is 0 Å². The molecule has 0 saturated heterocycles. The molecule has 0 aliphatic rings. The Morgan fingerprint density at radius 3 is 2.41 bits per heavy atom. The topological polar surface area (TPSA) is 72.1 Å². The molecule has 0 spiro atoms. The lowest BCUT2D eigenvalue weighted by Gasteiger charge is -2.20. The quantitative estimate of drug-likeness (QED) is 0.346. The van der Waals surface area contributed by atoms with E-state index in [4.69, 9.17) is 9.51 Å². The summed E-state index contributed by atoms with van der Waals surface area (Å²) in [6.45, 7) is 2.31. The van der Waals surface area contributed by atoms with Crippen molar-refractivity contribution in [2.24, 2.45) is 0 Å². The molecule has 2 heterocycles. The molecule has 0 radical (unpaired) electrons. The van der Waals surface area contributed by atoms with Crippen molar-refractivity contribution in [1.29, 1.82) is 0 Å². The highest BCUT2D eigenvalue weighted by molar-refractivity contribution is 7.22. The first-order valence-electron chi connectivity index (χ1n) is 10.3. The van der Waals surface area contributed by atoms with Gasteiger partial charge in [-0.25, -0.2) is 4.98 Å². The molecule has 0 aliphatic heterocycles. The Morgan fingerprint density at radius 2 is 1.69 bits per heavy atom. The Labute approximate surface area is 189 Å². The van der Waals surface area contributed by atoms with E-state index in [9.17, 15) is 4.79 Å². The summed E-state index contributed by atoms with van der Waals surface area (Å²) < 4.78 is 6.28. The van der Waals surface area contributed by atoms with Crippen LogP contribution >= 0.6 is 11.3 Å². The largest absolute Gasteiger partial charge is 0.334 e. The highest BCUT2D eigenvalue weighted by Crippen LogP contribution is 2.30. The molecule has 0 unspecified atom stereocenters. The summed E-state index contributed by atoms with van der Waals surface area (Å²) in [5, 5.41) is 4.52. The molecule has 0 N–H and O–H groups in total. The van der Waals surface area contributed by atoms with Crippen molar-refractivity contribution in [2.75, 3.05) is 11.4 Å². The number of hydrogen-bond acceptors (Lipinski definition) is 6. The lowest BCUT2D eigenvalue weighted by molar-refractivity contribution is 0.0987. The number of aromatic nitrogens is 3. The minimum Gasteiger partial charge on any atom is -0.334 e. The second-order valence-corrected chi connectivity index (χ2v) is 8.39. The van der Waals surface area contributed by atoms with Crippen LogP contribution in [0, 0.1) is 6.92 Å². The van der Waals surface area contributed by atoms with Gasteiger partial charge in [-0.3, -0.25) is 9.69 Å². The molecule has 0 aliphatic carbocycles. The van der Waals surface area contributed by atoms with E-state index in [-0.39, 0.29) is 5.91 Å². The first-order valence-corrected chi connectivity index (χ1v) is 11.1. The third kappa shape index (κ3) is 4.15. The number of para-hydroxylation sites is 1. The predicted octanol–water partition coefficient (Wildman–Crippen LogP) is 5.54. The molecule has 0 saturated carbocycles. The molecule has 7 heteroatoms. The number of fused-ring (bicyclic) bond motifs is 1. The van der Waals surface area contributed by atoms with Gasteiger partial charge in [-0.05, 0) is 55.3 Å². The van der Waals surface area contributed by atoms with Crippen LogP contribution in [0.15, 0.2) is 83.4 Å². The predicted molar refractivity (Wildman–Crippen MR) is 126 cm³/mol. The molecule has 0 fully saturated rings. The average Bonchev–Trinajstić information content (AvgIpc) is 3.46. The van der Waals surface area contributed by atoms with Gasteiger partial charge < -0.3 is 4.52 Å². The fourth-order valence-corrected chi connectivity index (χ4v) is 4.46.